The minimum Gasteiger partial charge on any atom is -0.478 e. The highest BCUT2D eigenvalue weighted by atomic mass is 16.4. The Labute approximate surface area is 86.8 Å². The maximum atomic E-state index is 11.4. The van der Waals surface area contributed by atoms with Crippen LogP contribution in [0.3, 0.4) is 0 Å². The van der Waals surface area contributed by atoms with Crippen LogP contribution in [0.4, 0.5) is 0 Å². The monoisotopic (exact) mass is 212 g/mol. The lowest BCUT2D eigenvalue weighted by molar-refractivity contribution is -0.148. The molecule has 1 aliphatic heterocycles. The molecule has 1 aliphatic rings. The van der Waals surface area contributed by atoms with Crippen molar-refractivity contribution in [3.63, 3.8) is 0 Å². The predicted octanol–water partition coefficient (Wildman–Crippen LogP) is -1.07. The number of piperazine rings is 1. The van der Waals surface area contributed by atoms with Crippen LogP contribution in [0.25, 0.3) is 0 Å². The summed E-state index contributed by atoms with van der Waals surface area (Å²) < 4.78 is 0. The number of nitrogens with zero attached hydrogens (tertiary/aromatic N) is 2. The summed E-state index contributed by atoms with van der Waals surface area (Å²) in [6.07, 6.45) is 2.30. The number of hydrogen-bond acceptors (Lipinski definition) is 3. The fourth-order valence-electron chi connectivity index (χ4n) is 1.21. The number of carboxylic acids is 1. The molecule has 2 amide bonds. The minimum atomic E-state index is -1.07. The smallest absolute Gasteiger partial charge is 0.328 e. The van der Waals surface area contributed by atoms with Gasteiger partial charge >= 0.3 is 5.97 Å². The van der Waals surface area contributed by atoms with E-state index in [0.29, 0.717) is 0 Å². The van der Waals surface area contributed by atoms with E-state index >= 15 is 0 Å². The average molecular weight is 212 g/mol. The summed E-state index contributed by atoms with van der Waals surface area (Å²) >= 11 is 0. The van der Waals surface area contributed by atoms with E-state index in [1.54, 1.807) is 7.05 Å². The molecule has 0 aliphatic carbocycles. The molecule has 1 N–H and O–H groups in total. The number of amides is 2. The van der Waals surface area contributed by atoms with Gasteiger partial charge in [-0.25, -0.2) is 4.79 Å². The second-order valence-electron chi connectivity index (χ2n) is 3.26. The van der Waals surface area contributed by atoms with Crippen molar-refractivity contribution in [1.82, 2.24) is 9.80 Å². The van der Waals surface area contributed by atoms with Crippen molar-refractivity contribution >= 4 is 17.8 Å². The van der Waals surface area contributed by atoms with Crippen molar-refractivity contribution < 1.29 is 19.5 Å². The second kappa shape index (κ2) is 4.59. The van der Waals surface area contributed by atoms with E-state index in [1.165, 1.54) is 15.9 Å². The van der Waals surface area contributed by atoms with E-state index in [1.807, 2.05) is 0 Å². The average Bonchev–Trinajstić information content (AvgIpc) is 2.13. The zero-order valence-corrected chi connectivity index (χ0v) is 8.34. The lowest BCUT2D eigenvalue weighted by Crippen LogP contribution is -2.52. The number of hydrogen-bond donors (Lipinski definition) is 1. The number of rotatable bonds is 3. The first-order valence-electron chi connectivity index (χ1n) is 4.42. The molecule has 15 heavy (non-hydrogen) atoms. The molecule has 82 valence electrons. The quantitative estimate of drug-likeness (QED) is 0.604. The van der Waals surface area contributed by atoms with E-state index in [9.17, 15) is 14.4 Å². The Morgan fingerprint density at radius 3 is 2.67 bits per heavy atom. The summed E-state index contributed by atoms with van der Waals surface area (Å²) in [7, 11) is 1.56. The van der Waals surface area contributed by atoms with Crippen LogP contribution in [0.15, 0.2) is 12.2 Å². The highest BCUT2D eigenvalue weighted by Crippen LogP contribution is 2.02. The molecular weight excluding hydrogens is 200 g/mol. The third-order valence-corrected chi connectivity index (χ3v) is 2.06. The SMILES string of the molecule is CN1CC(=O)N(CC=CC(=O)O)CC1=O. The lowest BCUT2D eigenvalue weighted by atomic mass is 10.3. The summed E-state index contributed by atoms with van der Waals surface area (Å²) in [5, 5.41) is 8.34. The van der Waals surface area contributed by atoms with Gasteiger partial charge in [0.2, 0.25) is 11.8 Å². The Morgan fingerprint density at radius 2 is 2.07 bits per heavy atom. The largest absolute Gasteiger partial charge is 0.478 e. The van der Waals surface area contributed by atoms with Gasteiger partial charge in [0.25, 0.3) is 0 Å². The molecule has 0 spiro atoms. The van der Waals surface area contributed by atoms with Crippen LogP contribution in [0.5, 0.6) is 0 Å². The van der Waals surface area contributed by atoms with Gasteiger partial charge in [0, 0.05) is 19.7 Å². The van der Waals surface area contributed by atoms with Crippen molar-refractivity contribution in [3.05, 3.63) is 12.2 Å². The zero-order valence-electron chi connectivity index (χ0n) is 8.34. The molecule has 0 unspecified atom stereocenters. The van der Waals surface area contributed by atoms with Gasteiger partial charge in [0.1, 0.15) is 6.54 Å². The molecule has 0 aromatic rings. The molecule has 1 rings (SSSR count). The zero-order chi connectivity index (χ0) is 11.4. The van der Waals surface area contributed by atoms with Gasteiger partial charge in [-0.1, -0.05) is 6.08 Å². The van der Waals surface area contributed by atoms with Gasteiger partial charge in [-0.05, 0) is 0 Å². The molecule has 0 atom stereocenters. The van der Waals surface area contributed by atoms with E-state index in [4.69, 9.17) is 5.11 Å². The van der Waals surface area contributed by atoms with E-state index in [0.717, 1.165) is 6.08 Å². The van der Waals surface area contributed by atoms with Crippen LogP contribution in [-0.2, 0) is 14.4 Å². The predicted molar refractivity (Wildman–Crippen MR) is 51.0 cm³/mol. The molecule has 1 fully saturated rings. The Hall–Kier alpha value is -1.85. The number of aliphatic carboxylic acids is 1. The maximum Gasteiger partial charge on any atom is 0.328 e. The van der Waals surface area contributed by atoms with Gasteiger partial charge in [0.05, 0.1) is 6.54 Å². The Bertz CT molecular complexity index is 324. The van der Waals surface area contributed by atoms with Crippen molar-refractivity contribution in [3.8, 4) is 0 Å². The summed E-state index contributed by atoms with van der Waals surface area (Å²) in [5.74, 6) is -1.38. The fraction of sp³-hybridized carbons (Fsp3) is 0.444. The van der Waals surface area contributed by atoms with Crippen LogP contribution < -0.4 is 0 Å². The molecule has 0 saturated carbocycles. The fourth-order valence-corrected chi connectivity index (χ4v) is 1.21. The summed E-state index contributed by atoms with van der Waals surface area (Å²) in [5.41, 5.74) is 0. The Balaban J connectivity index is 2.52. The van der Waals surface area contributed by atoms with Gasteiger partial charge in [-0.15, -0.1) is 0 Å². The van der Waals surface area contributed by atoms with Gasteiger partial charge < -0.3 is 14.9 Å². The highest BCUT2D eigenvalue weighted by Gasteiger charge is 2.26. The number of carbonyl (C=O) groups excluding carboxylic acids is 2. The van der Waals surface area contributed by atoms with Crippen molar-refractivity contribution in [2.24, 2.45) is 0 Å². The number of carbonyl (C=O) groups is 3. The van der Waals surface area contributed by atoms with E-state index in [2.05, 4.69) is 0 Å². The van der Waals surface area contributed by atoms with Crippen LogP contribution in [0.2, 0.25) is 0 Å². The third-order valence-electron chi connectivity index (χ3n) is 2.06. The lowest BCUT2D eigenvalue weighted by Gasteiger charge is -2.30. The standard InChI is InChI=1S/C9H12N2O4/c1-10-5-8(13)11(6-7(10)12)4-2-3-9(14)15/h2-3H,4-6H2,1H3,(H,14,15). The van der Waals surface area contributed by atoms with Crippen LogP contribution in [-0.4, -0.2) is 59.4 Å². The molecular formula is C9H12N2O4. The van der Waals surface area contributed by atoms with E-state index in [-0.39, 0.29) is 31.4 Å². The molecule has 0 aromatic carbocycles. The van der Waals surface area contributed by atoms with Crippen LogP contribution in [0.1, 0.15) is 0 Å². The first-order chi connectivity index (χ1) is 7.00. The first-order valence-corrected chi connectivity index (χ1v) is 4.42. The summed E-state index contributed by atoms with van der Waals surface area (Å²) in [4.78, 5) is 35.5. The molecule has 0 radical (unpaired) electrons. The second-order valence-corrected chi connectivity index (χ2v) is 3.26. The molecule has 0 bridgehead atoms. The number of likely N-dealkylation sites (N-methyl/N-ethyl adjacent to an activating group) is 1. The van der Waals surface area contributed by atoms with Gasteiger partial charge in [0.15, 0.2) is 0 Å². The van der Waals surface area contributed by atoms with E-state index < -0.39 is 5.97 Å². The normalized spacial score (nSPS) is 17.7. The van der Waals surface area contributed by atoms with Crippen LogP contribution in [0, 0.1) is 0 Å². The molecule has 6 nitrogen and oxygen atoms in total. The number of carboxylic acid groups (broad SMARTS) is 1. The Kier molecular flexibility index (Phi) is 3.43. The van der Waals surface area contributed by atoms with Crippen molar-refractivity contribution in [1.29, 1.82) is 0 Å². The summed E-state index contributed by atoms with van der Waals surface area (Å²) in [6, 6.07) is 0. The first kappa shape index (κ1) is 11.2. The molecule has 1 heterocycles. The van der Waals surface area contributed by atoms with Crippen molar-refractivity contribution in [2.45, 2.75) is 0 Å². The highest BCUT2D eigenvalue weighted by molar-refractivity contribution is 5.92. The van der Waals surface area contributed by atoms with Gasteiger partial charge in [-0.2, -0.15) is 0 Å². The Morgan fingerprint density at radius 1 is 1.40 bits per heavy atom. The summed E-state index contributed by atoms with van der Waals surface area (Å²) in [6.45, 7) is 0.226. The molecule has 0 aromatic heterocycles. The third kappa shape index (κ3) is 3.08. The molecule has 6 heteroatoms. The topological polar surface area (TPSA) is 77.9 Å². The van der Waals surface area contributed by atoms with Crippen LogP contribution >= 0.6 is 0 Å². The maximum absolute atomic E-state index is 11.4. The van der Waals surface area contributed by atoms with Crippen molar-refractivity contribution in [2.75, 3.05) is 26.7 Å². The van der Waals surface area contributed by atoms with Gasteiger partial charge in [-0.3, -0.25) is 9.59 Å². The molecule has 1 saturated heterocycles. The minimum absolute atomic E-state index is 0.0132.